The number of nitrogens with two attached hydrogens (primary N) is 1. The van der Waals surface area contributed by atoms with E-state index >= 15 is 0 Å². The van der Waals surface area contributed by atoms with Gasteiger partial charge in [-0.3, -0.25) is 4.72 Å². The molecule has 9 nitrogen and oxygen atoms in total. The number of amidine groups is 1. The number of nitrogens with one attached hydrogen (secondary N) is 1. The fourth-order valence-corrected chi connectivity index (χ4v) is 4.32. The molecular formula is C18H22N6O3S. The van der Waals surface area contributed by atoms with Gasteiger partial charge < -0.3 is 15.4 Å². The van der Waals surface area contributed by atoms with Crippen LogP contribution in [0.15, 0.2) is 35.0 Å². The van der Waals surface area contributed by atoms with E-state index in [-0.39, 0.29) is 5.84 Å². The fraction of sp³-hybridized carbons (Fsp3) is 0.389. The van der Waals surface area contributed by atoms with Gasteiger partial charge in [0.05, 0.1) is 17.9 Å². The van der Waals surface area contributed by atoms with Crippen molar-refractivity contribution in [2.75, 3.05) is 29.3 Å². The van der Waals surface area contributed by atoms with Crippen LogP contribution in [0.3, 0.4) is 0 Å². The SMILES string of the molecule is Cc1cnc(N2CCC[C@H](COc3cccc4c3C(N)=NS(=O)(=O)N4)C2)nc1. The van der Waals surface area contributed by atoms with E-state index < -0.39 is 10.2 Å². The molecule has 4 rings (SSSR count). The van der Waals surface area contributed by atoms with Gasteiger partial charge in [-0.25, -0.2) is 9.97 Å². The summed E-state index contributed by atoms with van der Waals surface area (Å²) in [4.78, 5) is 11.0. The minimum Gasteiger partial charge on any atom is -0.492 e. The lowest BCUT2D eigenvalue weighted by Crippen LogP contribution is -2.38. The second-order valence-corrected chi connectivity index (χ2v) is 8.39. The van der Waals surface area contributed by atoms with Crippen molar-refractivity contribution in [3.63, 3.8) is 0 Å². The zero-order valence-corrected chi connectivity index (χ0v) is 16.3. The van der Waals surface area contributed by atoms with Crippen molar-refractivity contribution in [3.8, 4) is 5.75 Å². The maximum absolute atomic E-state index is 11.7. The minimum absolute atomic E-state index is 0.0670. The van der Waals surface area contributed by atoms with Crippen molar-refractivity contribution in [2.24, 2.45) is 16.0 Å². The minimum atomic E-state index is -3.80. The number of aryl methyl sites for hydroxylation is 1. The highest BCUT2D eigenvalue weighted by atomic mass is 32.2. The lowest BCUT2D eigenvalue weighted by molar-refractivity contribution is 0.228. The number of benzene rings is 1. The Morgan fingerprint density at radius 1 is 1.32 bits per heavy atom. The summed E-state index contributed by atoms with van der Waals surface area (Å²) in [6.45, 7) is 4.17. The number of hydrogen-bond acceptors (Lipinski definition) is 7. The lowest BCUT2D eigenvalue weighted by atomic mass is 9.99. The normalized spacial score (nSPS) is 20.7. The zero-order chi connectivity index (χ0) is 19.7. The molecule has 0 amide bonds. The van der Waals surface area contributed by atoms with Crippen LogP contribution < -0.4 is 20.1 Å². The molecule has 10 heteroatoms. The second kappa shape index (κ2) is 7.27. The molecule has 2 aliphatic rings. The van der Waals surface area contributed by atoms with Gasteiger partial charge in [0.2, 0.25) is 5.95 Å². The average Bonchev–Trinajstić information content (AvgIpc) is 2.66. The van der Waals surface area contributed by atoms with E-state index in [1.54, 1.807) is 18.2 Å². The Kier molecular flexibility index (Phi) is 4.80. The molecule has 148 valence electrons. The molecule has 3 N–H and O–H groups in total. The van der Waals surface area contributed by atoms with Crippen LogP contribution in [0.1, 0.15) is 24.0 Å². The van der Waals surface area contributed by atoms with Crippen LogP contribution in [0.2, 0.25) is 0 Å². The summed E-state index contributed by atoms with van der Waals surface area (Å²) < 4.78 is 35.3. The highest BCUT2D eigenvalue weighted by Gasteiger charge is 2.26. The molecule has 3 heterocycles. The molecule has 0 spiro atoms. The molecule has 0 unspecified atom stereocenters. The average molecular weight is 402 g/mol. The van der Waals surface area contributed by atoms with Gasteiger partial charge in [-0.1, -0.05) is 6.07 Å². The Labute approximate surface area is 163 Å². The molecule has 2 aromatic rings. The number of hydrogen-bond donors (Lipinski definition) is 2. The maximum Gasteiger partial charge on any atom is 0.344 e. The van der Waals surface area contributed by atoms with E-state index in [1.807, 2.05) is 19.3 Å². The van der Waals surface area contributed by atoms with Crippen LogP contribution in [0.25, 0.3) is 0 Å². The van der Waals surface area contributed by atoms with Gasteiger partial charge in [0.1, 0.15) is 5.75 Å². The summed E-state index contributed by atoms with van der Waals surface area (Å²) in [5.74, 6) is 1.48. The molecule has 1 aromatic heterocycles. The van der Waals surface area contributed by atoms with Gasteiger partial charge in [0.15, 0.2) is 5.84 Å². The zero-order valence-electron chi connectivity index (χ0n) is 15.5. The lowest BCUT2D eigenvalue weighted by Gasteiger charge is -2.32. The second-order valence-electron chi connectivity index (χ2n) is 7.06. The topological polar surface area (TPSA) is 123 Å². The first-order valence-electron chi connectivity index (χ1n) is 9.09. The third-order valence-electron chi connectivity index (χ3n) is 4.78. The first kappa shape index (κ1) is 18.5. The van der Waals surface area contributed by atoms with E-state index in [1.165, 1.54) is 0 Å². The number of piperidine rings is 1. The van der Waals surface area contributed by atoms with Crippen molar-refractivity contribution in [2.45, 2.75) is 19.8 Å². The van der Waals surface area contributed by atoms with Gasteiger partial charge >= 0.3 is 10.2 Å². The molecule has 0 saturated carbocycles. The third kappa shape index (κ3) is 3.86. The van der Waals surface area contributed by atoms with Crippen molar-refractivity contribution in [1.82, 2.24) is 9.97 Å². The summed E-state index contributed by atoms with van der Waals surface area (Å²) in [7, 11) is -3.80. The molecule has 1 fully saturated rings. The van der Waals surface area contributed by atoms with Crippen LogP contribution >= 0.6 is 0 Å². The van der Waals surface area contributed by atoms with Crippen molar-refractivity contribution >= 4 is 27.7 Å². The monoisotopic (exact) mass is 402 g/mol. The predicted octanol–water partition coefficient (Wildman–Crippen LogP) is 1.46. The Morgan fingerprint density at radius 3 is 2.89 bits per heavy atom. The van der Waals surface area contributed by atoms with Gasteiger partial charge in [0.25, 0.3) is 0 Å². The molecule has 0 bridgehead atoms. The number of rotatable bonds is 4. The summed E-state index contributed by atoms with van der Waals surface area (Å²) >= 11 is 0. The van der Waals surface area contributed by atoms with E-state index in [2.05, 4.69) is 24.0 Å². The van der Waals surface area contributed by atoms with Crippen molar-refractivity contribution in [1.29, 1.82) is 0 Å². The first-order valence-corrected chi connectivity index (χ1v) is 10.5. The number of nitrogens with zero attached hydrogens (tertiary/aromatic N) is 4. The molecule has 28 heavy (non-hydrogen) atoms. The van der Waals surface area contributed by atoms with Crippen LogP contribution in [0, 0.1) is 12.8 Å². The van der Waals surface area contributed by atoms with Gasteiger partial charge in [-0.15, -0.1) is 4.40 Å². The van der Waals surface area contributed by atoms with Gasteiger partial charge in [-0.2, -0.15) is 8.42 Å². The van der Waals surface area contributed by atoms with Crippen LogP contribution in [-0.4, -0.2) is 43.9 Å². The summed E-state index contributed by atoms with van der Waals surface area (Å²) in [5.41, 5.74) is 7.76. The number of fused-ring (bicyclic) bond motifs is 1. The fourth-order valence-electron chi connectivity index (χ4n) is 3.48. The molecule has 1 aromatic carbocycles. The molecule has 1 saturated heterocycles. The van der Waals surface area contributed by atoms with E-state index in [4.69, 9.17) is 10.5 Å². The molecule has 1 atom stereocenters. The molecule has 0 aliphatic carbocycles. The predicted molar refractivity (Wildman–Crippen MR) is 107 cm³/mol. The van der Waals surface area contributed by atoms with Gasteiger partial charge in [0, 0.05) is 31.4 Å². The first-order chi connectivity index (χ1) is 13.4. The summed E-state index contributed by atoms with van der Waals surface area (Å²) in [6, 6.07) is 5.13. The summed E-state index contributed by atoms with van der Waals surface area (Å²) in [6.07, 6.45) is 5.71. The van der Waals surface area contributed by atoms with E-state index in [0.29, 0.717) is 29.5 Å². The Bertz CT molecular complexity index is 1010. The number of aromatic nitrogens is 2. The third-order valence-corrected chi connectivity index (χ3v) is 5.70. The smallest absolute Gasteiger partial charge is 0.344 e. The molecular weight excluding hydrogens is 380 g/mol. The van der Waals surface area contributed by atoms with Crippen molar-refractivity contribution < 1.29 is 13.2 Å². The number of ether oxygens (including phenoxy) is 1. The van der Waals surface area contributed by atoms with Crippen LogP contribution in [-0.2, 0) is 10.2 Å². The quantitative estimate of drug-likeness (QED) is 0.793. The van der Waals surface area contributed by atoms with Gasteiger partial charge in [-0.05, 0) is 37.5 Å². The largest absolute Gasteiger partial charge is 0.492 e. The van der Waals surface area contributed by atoms with Crippen molar-refractivity contribution in [3.05, 3.63) is 41.7 Å². The molecule has 2 aliphatic heterocycles. The molecule has 0 radical (unpaired) electrons. The van der Waals surface area contributed by atoms with Crippen LogP contribution in [0.4, 0.5) is 11.6 Å². The number of anilines is 2. The van der Waals surface area contributed by atoms with Crippen LogP contribution in [0.5, 0.6) is 5.75 Å². The van der Waals surface area contributed by atoms with E-state index in [0.717, 1.165) is 37.4 Å². The highest BCUT2D eigenvalue weighted by molar-refractivity contribution is 7.91. The highest BCUT2D eigenvalue weighted by Crippen LogP contribution is 2.31. The summed E-state index contributed by atoms with van der Waals surface area (Å²) in [5, 5.41) is 0. The maximum atomic E-state index is 11.7. The Hall–Kier alpha value is -2.88. The van der Waals surface area contributed by atoms with E-state index in [9.17, 15) is 8.42 Å². The standard InChI is InChI=1S/C18H22N6O3S/c1-12-8-20-18(21-9-12)24-7-3-4-13(10-24)11-27-15-6-2-5-14-16(15)17(19)23-28(25,26)22-14/h2,5-6,8-9,13,22H,3-4,7,10-11H2,1H3,(H2,19,23)/t13-/m0/s1. The Morgan fingerprint density at radius 2 is 2.11 bits per heavy atom. The Balaban J connectivity index is 1.46.